The SMILES string of the molecule is O=C(CCn1c2ccccc2c2ccccc21)N=Nc1c(O)n(Cc2ccccc2)c2ccccc12. The first-order valence-corrected chi connectivity index (χ1v) is 12.0. The van der Waals surface area contributed by atoms with Gasteiger partial charge in [0, 0.05) is 40.2 Å². The Morgan fingerprint density at radius 2 is 1.19 bits per heavy atom. The van der Waals surface area contributed by atoms with Crippen molar-refractivity contribution in [3.63, 3.8) is 0 Å². The number of para-hydroxylation sites is 3. The number of hydrogen-bond donors (Lipinski definition) is 1. The van der Waals surface area contributed by atoms with Crippen LogP contribution in [0.25, 0.3) is 32.7 Å². The number of fused-ring (bicyclic) bond motifs is 4. The summed E-state index contributed by atoms with van der Waals surface area (Å²) in [5.41, 5.74) is 4.38. The van der Waals surface area contributed by atoms with E-state index in [-0.39, 0.29) is 18.2 Å². The number of carbonyl (C=O) groups excluding carboxylic acids is 1. The predicted molar refractivity (Wildman–Crippen MR) is 143 cm³/mol. The second kappa shape index (κ2) is 9.15. The Morgan fingerprint density at radius 3 is 1.83 bits per heavy atom. The maximum atomic E-state index is 12.8. The molecule has 0 radical (unpaired) electrons. The molecular weight excluding hydrogens is 448 g/mol. The quantitative estimate of drug-likeness (QED) is 0.260. The number of benzene rings is 4. The number of aryl methyl sites for hydroxylation is 1. The number of azo groups is 1. The van der Waals surface area contributed by atoms with Crippen LogP contribution in [-0.2, 0) is 17.9 Å². The van der Waals surface area contributed by atoms with Crippen molar-refractivity contribution in [2.24, 2.45) is 10.2 Å². The van der Waals surface area contributed by atoms with Gasteiger partial charge >= 0.3 is 0 Å². The number of aromatic nitrogens is 2. The Kier molecular flexibility index (Phi) is 5.54. The minimum absolute atomic E-state index is 0.000925. The van der Waals surface area contributed by atoms with E-state index in [0.717, 1.165) is 27.5 Å². The summed E-state index contributed by atoms with van der Waals surface area (Å²) in [5.74, 6) is -0.338. The van der Waals surface area contributed by atoms with Crippen molar-refractivity contribution < 1.29 is 9.90 Å². The molecule has 176 valence electrons. The van der Waals surface area contributed by atoms with E-state index < -0.39 is 0 Å². The summed E-state index contributed by atoms with van der Waals surface area (Å²) >= 11 is 0. The fraction of sp³-hybridized carbons (Fsp3) is 0.100. The van der Waals surface area contributed by atoms with Crippen LogP contribution in [0, 0.1) is 0 Å². The Labute approximate surface area is 207 Å². The molecule has 0 aliphatic rings. The monoisotopic (exact) mass is 472 g/mol. The van der Waals surface area contributed by atoms with Gasteiger partial charge in [0.25, 0.3) is 5.91 Å². The minimum Gasteiger partial charge on any atom is -0.493 e. The second-order valence-corrected chi connectivity index (χ2v) is 8.79. The van der Waals surface area contributed by atoms with Crippen molar-refractivity contribution >= 4 is 44.3 Å². The van der Waals surface area contributed by atoms with Gasteiger partial charge < -0.3 is 14.2 Å². The fourth-order valence-corrected chi connectivity index (χ4v) is 4.90. The van der Waals surface area contributed by atoms with Crippen LogP contribution in [0.4, 0.5) is 5.69 Å². The molecule has 0 saturated carbocycles. The largest absolute Gasteiger partial charge is 0.493 e. The Balaban J connectivity index is 1.27. The predicted octanol–water partition coefficient (Wildman–Crippen LogP) is 7.20. The summed E-state index contributed by atoms with van der Waals surface area (Å²) in [6, 6.07) is 33.9. The summed E-state index contributed by atoms with van der Waals surface area (Å²) in [7, 11) is 0. The zero-order valence-corrected chi connectivity index (χ0v) is 19.6. The molecule has 6 heteroatoms. The van der Waals surface area contributed by atoms with Gasteiger partial charge in [-0.25, -0.2) is 0 Å². The minimum atomic E-state index is -0.337. The molecule has 1 amide bonds. The second-order valence-electron chi connectivity index (χ2n) is 8.79. The Bertz CT molecular complexity index is 1690. The van der Waals surface area contributed by atoms with Crippen molar-refractivity contribution in [2.75, 3.05) is 0 Å². The molecule has 1 N–H and O–H groups in total. The molecule has 0 fully saturated rings. The molecule has 0 spiro atoms. The summed E-state index contributed by atoms with van der Waals surface area (Å²) in [5, 5.41) is 22.3. The summed E-state index contributed by atoms with van der Waals surface area (Å²) in [6.45, 7) is 0.984. The lowest BCUT2D eigenvalue weighted by Gasteiger charge is -2.07. The summed E-state index contributed by atoms with van der Waals surface area (Å²) in [6.07, 6.45) is 0.204. The van der Waals surface area contributed by atoms with Crippen LogP contribution in [0.5, 0.6) is 5.88 Å². The first-order valence-electron chi connectivity index (χ1n) is 12.0. The molecule has 6 aromatic rings. The van der Waals surface area contributed by atoms with Crippen LogP contribution in [0.2, 0.25) is 0 Å². The molecule has 6 rings (SSSR count). The molecule has 36 heavy (non-hydrogen) atoms. The van der Waals surface area contributed by atoms with Gasteiger partial charge in [0.15, 0.2) is 5.69 Å². The molecule has 0 bridgehead atoms. The van der Waals surface area contributed by atoms with Crippen LogP contribution in [0.15, 0.2) is 113 Å². The van der Waals surface area contributed by atoms with Gasteiger partial charge in [-0.1, -0.05) is 84.9 Å². The van der Waals surface area contributed by atoms with Gasteiger partial charge in [-0.2, -0.15) is 0 Å². The lowest BCUT2D eigenvalue weighted by molar-refractivity contribution is -0.118. The standard InChI is InChI=1S/C30H24N4O2/c35-28(18-19-33-25-15-7-4-12-22(25)23-13-5-8-16-26(23)33)31-32-29-24-14-6-9-17-27(24)34(30(29)36)20-21-10-2-1-3-11-21/h1-17,36H,18-20H2. The highest BCUT2D eigenvalue weighted by molar-refractivity contribution is 6.08. The number of aromatic hydroxyl groups is 1. The topological polar surface area (TPSA) is 71.9 Å². The molecule has 0 unspecified atom stereocenters. The summed E-state index contributed by atoms with van der Waals surface area (Å²) in [4.78, 5) is 12.8. The van der Waals surface area contributed by atoms with Crippen LogP contribution in [-0.4, -0.2) is 20.1 Å². The van der Waals surface area contributed by atoms with Crippen LogP contribution < -0.4 is 0 Å². The first kappa shape index (κ1) is 21.8. The van der Waals surface area contributed by atoms with Crippen LogP contribution in [0.3, 0.4) is 0 Å². The smallest absolute Gasteiger partial charge is 0.266 e. The molecule has 4 aromatic carbocycles. The third-order valence-electron chi connectivity index (χ3n) is 6.59. The molecule has 0 aliphatic carbocycles. The average molecular weight is 473 g/mol. The Hall–Kier alpha value is -4.71. The van der Waals surface area contributed by atoms with E-state index in [1.165, 1.54) is 10.8 Å². The van der Waals surface area contributed by atoms with E-state index in [2.05, 4.69) is 39.1 Å². The number of carbonyl (C=O) groups is 1. The van der Waals surface area contributed by atoms with E-state index in [1.807, 2.05) is 78.9 Å². The number of hydrogen-bond acceptors (Lipinski definition) is 3. The highest BCUT2D eigenvalue weighted by Crippen LogP contribution is 2.39. The number of amides is 1. The number of nitrogens with zero attached hydrogens (tertiary/aromatic N) is 4. The van der Waals surface area contributed by atoms with Crippen molar-refractivity contribution in [1.82, 2.24) is 9.13 Å². The van der Waals surface area contributed by atoms with Crippen LogP contribution in [0.1, 0.15) is 12.0 Å². The molecule has 0 saturated heterocycles. The normalized spacial score (nSPS) is 11.8. The van der Waals surface area contributed by atoms with E-state index >= 15 is 0 Å². The first-order chi connectivity index (χ1) is 17.7. The lowest BCUT2D eigenvalue weighted by atomic mass is 10.2. The van der Waals surface area contributed by atoms with Gasteiger partial charge in [-0.05, 0) is 23.8 Å². The van der Waals surface area contributed by atoms with Crippen molar-refractivity contribution in [3.8, 4) is 5.88 Å². The van der Waals surface area contributed by atoms with Gasteiger partial charge in [-0.15, -0.1) is 10.2 Å². The zero-order valence-electron chi connectivity index (χ0n) is 19.6. The maximum absolute atomic E-state index is 12.8. The number of rotatable bonds is 6. The van der Waals surface area contributed by atoms with Gasteiger partial charge in [0.1, 0.15) is 0 Å². The molecule has 0 aliphatic heterocycles. The average Bonchev–Trinajstić information content (AvgIpc) is 3.38. The van der Waals surface area contributed by atoms with E-state index in [4.69, 9.17) is 0 Å². The molecule has 2 heterocycles. The van der Waals surface area contributed by atoms with E-state index in [1.54, 1.807) is 4.57 Å². The van der Waals surface area contributed by atoms with Gasteiger partial charge in [-0.3, -0.25) is 4.79 Å². The lowest BCUT2D eigenvalue weighted by Crippen LogP contribution is -2.03. The highest BCUT2D eigenvalue weighted by atomic mass is 16.3. The maximum Gasteiger partial charge on any atom is 0.266 e. The molecule has 0 atom stereocenters. The third-order valence-corrected chi connectivity index (χ3v) is 6.59. The van der Waals surface area contributed by atoms with Gasteiger partial charge in [0.05, 0.1) is 12.1 Å². The highest BCUT2D eigenvalue weighted by Gasteiger charge is 2.17. The van der Waals surface area contributed by atoms with Crippen molar-refractivity contribution in [1.29, 1.82) is 0 Å². The van der Waals surface area contributed by atoms with Crippen LogP contribution >= 0.6 is 0 Å². The fourth-order valence-electron chi connectivity index (χ4n) is 4.90. The third kappa shape index (κ3) is 3.82. The summed E-state index contributed by atoms with van der Waals surface area (Å²) < 4.78 is 3.95. The van der Waals surface area contributed by atoms with Crippen molar-refractivity contribution in [2.45, 2.75) is 19.5 Å². The van der Waals surface area contributed by atoms with E-state index in [9.17, 15) is 9.90 Å². The molecule has 2 aromatic heterocycles. The molecule has 6 nitrogen and oxygen atoms in total. The molecular formula is C30H24N4O2. The zero-order chi connectivity index (χ0) is 24.5. The Morgan fingerprint density at radius 1 is 0.667 bits per heavy atom. The van der Waals surface area contributed by atoms with Gasteiger partial charge in [0.2, 0.25) is 5.88 Å². The van der Waals surface area contributed by atoms with Crippen molar-refractivity contribution in [3.05, 3.63) is 109 Å². The van der Waals surface area contributed by atoms with E-state index in [0.29, 0.717) is 18.8 Å².